The van der Waals surface area contributed by atoms with E-state index in [0.717, 1.165) is 21.3 Å². The van der Waals surface area contributed by atoms with Gasteiger partial charge in [0, 0.05) is 27.0 Å². The average Bonchev–Trinajstić information content (AvgIpc) is 3.20. The van der Waals surface area contributed by atoms with Crippen molar-refractivity contribution in [3.63, 3.8) is 0 Å². The van der Waals surface area contributed by atoms with Gasteiger partial charge in [-0.15, -0.1) is 0 Å². The number of fused-ring (bicyclic) bond motifs is 3. The second-order valence-corrected chi connectivity index (χ2v) is 8.92. The SMILES string of the molecule is O=C(c1ccc(Br)cc1)[C@H]1Oc2c(Cl)cc(Cl)cc2[C@H]2CC(c3ccccc3)=NN12. The number of ether oxygens (including phenoxy) is 1. The minimum atomic E-state index is -0.913. The number of hydrogen-bond acceptors (Lipinski definition) is 4. The second-order valence-electron chi connectivity index (χ2n) is 7.16. The lowest BCUT2D eigenvalue weighted by Crippen LogP contribution is -2.46. The Morgan fingerprint density at radius 2 is 1.80 bits per heavy atom. The predicted molar refractivity (Wildman–Crippen MR) is 122 cm³/mol. The molecule has 3 aromatic carbocycles. The van der Waals surface area contributed by atoms with Crippen molar-refractivity contribution in [2.75, 3.05) is 0 Å². The maximum atomic E-state index is 13.4. The summed E-state index contributed by atoms with van der Waals surface area (Å²) in [7, 11) is 0. The minimum Gasteiger partial charge on any atom is -0.459 e. The highest BCUT2D eigenvalue weighted by Crippen LogP contribution is 2.47. The zero-order chi connectivity index (χ0) is 20.8. The smallest absolute Gasteiger partial charge is 0.251 e. The van der Waals surface area contributed by atoms with Gasteiger partial charge in [0.25, 0.3) is 6.23 Å². The van der Waals surface area contributed by atoms with Crippen molar-refractivity contribution in [3.05, 3.63) is 97.9 Å². The largest absolute Gasteiger partial charge is 0.459 e. The first-order valence-corrected chi connectivity index (χ1v) is 10.9. The van der Waals surface area contributed by atoms with Gasteiger partial charge < -0.3 is 4.74 Å². The number of carbonyl (C=O) groups is 1. The third-order valence-electron chi connectivity index (χ3n) is 5.27. The first kappa shape index (κ1) is 19.6. The van der Waals surface area contributed by atoms with Gasteiger partial charge >= 0.3 is 0 Å². The van der Waals surface area contributed by atoms with Crippen molar-refractivity contribution in [1.82, 2.24) is 5.01 Å². The van der Waals surface area contributed by atoms with Gasteiger partial charge in [-0.05, 0) is 29.8 Å². The van der Waals surface area contributed by atoms with Crippen molar-refractivity contribution in [3.8, 4) is 5.75 Å². The summed E-state index contributed by atoms with van der Waals surface area (Å²) in [5.41, 5.74) is 3.28. The Bertz CT molecular complexity index is 1170. The van der Waals surface area contributed by atoms with Crippen LogP contribution < -0.4 is 4.74 Å². The molecule has 3 aromatic rings. The summed E-state index contributed by atoms with van der Waals surface area (Å²) in [6, 6.07) is 20.4. The van der Waals surface area contributed by atoms with Crippen molar-refractivity contribution in [2.24, 2.45) is 5.10 Å². The summed E-state index contributed by atoms with van der Waals surface area (Å²) in [5, 5.41) is 7.44. The highest BCUT2D eigenvalue weighted by molar-refractivity contribution is 9.10. The summed E-state index contributed by atoms with van der Waals surface area (Å²) < 4.78 is 7.03. The van der Waals surface area contributed by atoms with E-state index in [0.29, 0.717) is 27.8 Å². The standard InChI is InChI=1S/C23H15BrCl2N2O2/c24-15-8-6-14(7-9-15)21(29)23-28-20(12-19(27-28)13-4-2-1-3-5-13)17-10-16(25)11-18(26)22(17)30-23/h1-11,20,23H,12H2/t20-,23-/m1/s1. The molecule has 0 radical (unpaired) electrons. The van der Waals surface area contributed by atoms with E-state index < -0.39 is 6.23 Å². The zero-order valence-corrected chi connectivity index (χ0v) is 18.7. The number of rotatable bonds is 3. The molecular weight excluding hydrogens is 487 g/mol. The van der Waals surface area contributed by atoms with Crippen molar-refractivity contribution in [2.45, 2.75) is 18.7 Å². The van der Waals surface area contributed by atoms with E-state index in [4.69, 9.17) is 33.0 Å². The molecule has 2 heterocycles. The predicted octanol–water partition coefficient (Wildman–Crippen LogP) is 6.51. The highest BCUT2D eigenvalue weighted by atomic mass is 79.9. The van der Waals surface area contributed by atoms with Crippen LogP contribution in [0.2, 0.25) is 10.0 Å². The van der Waals surface area contributed by atoms with Gasteiger partial charge in [0.15, 0.2) is 0 Å². The molecule has 4 nitrogen and oxygen atoms in total. The Morgan fingerprint density at radius 1 is 1.07 bits per heavy atom. The molecule has 7 heteroatoms. The van der Waals surface area contributed by atoms with E-state index in [1.54, 1.807) is 23.2 Å². The minimum absolute atomic E-state index is 0.178. The molecule has 0 bridgehead atoms. The van der Waals surface area contributed by atoms with Gasteiger partial charge in [0.1, 0.15) is 5.75 Å². The number of carbonyl (C=O) groups excluding carboxylic acids is 1. The lowest BCUT2D eigenvalue weighted by Gasteiger charge is -2.37. The van der Waals surface area contributed by atoms with E-state index in [-0.39, 0.29) is 11.8 Å². The summed E-state index contributed by atoms with van der Waals surface area (Å²) in [6.45, 7) is 0. The van der Waals surface area contributed by atoms with Crippen LogP contribution in [0.15, 0.2) is 76.3 Å². The van der Waals surface area contributed by atoms with Crippen molar-refractivity contribution < 1.29 is 9.53 Å². The fourth-order valence-electron chi connectivity index (χ4n) is 3.85. The molecule has 2 aliphatic rings. The van der Waals surface area contributed by atoms with Crippen LogP contribution in [0.5, 0.6) is 5.75 Å². The van der Waals surface area contributed by atoms with E-state index in [1.807, 2.05) is 48.5 Å². The normalized spacial score (nSPS) is 19.6. The number of halogens is 3. The van der Waals surface area contributed by atoms with Crippen LogP contribution in [-0.4, -0.2) is 22.7 Å². The highest BCUT2D eigenvalue weighted by Gasteiger charge is 2.44. The molecule has 150 valence electrons. The molecule has 0 saturated heterocycles. The van der Waals surface area contributed by atoms with E-state index >= 15 is 0 Å². The van der Waals surface area contributed by atoms with Crippen LogP contribution in [0, 0.1) is 0 Å². The molecular formula is C23H15BrCl2N2O2. The Balaban J connectivity index is 1.60. The first-order chi connectivity index (χ1) is 14.5. The van der Waals surface area contributed by atoms with Crippen LogP contribution in [0.1, 0.15) is 33.9 Å². The number of nitrogens with zero attached hydrogens (tertiary/aromatic N) is 2. The molecule has 0 saturated carbocycles. The lowest BCUT2D eigenvalue weighted by atomic mass is 9.95. The van der Waals surface area contributed by atoms with Crippen molar-refractivity contribution >= 4 is 50.6 Å². The summed E-state index contributed by atoms with van der Waals surface area (Å²) in [6.07, 6.45) is -0.287. The zero-order valence-electron chi connectivity index (χ0n) is 15.6. The third-order valence-corrected chi connectivity index (χ3v) is 6.30. The fourth-order valence-corrected chi connectivity index (χ4v) is 4.67. The van der Waals surface area contributed by atoms with Gasteiger partial charge in [0.05, 0.1) is 16.8 Å². The molecule has 0 aromatic heterocycles. The van der Waals surface area contributed by atoms with Crippen molar-refractivity contribution in [1.29, 1.82) is 0 Å². The Labute approximate surface area is 192 Å². The average molecular weight is 502 g/mol. The molecule has 0 N–H and O–H groups in total. The van der Waals surface area contributed by atoms with Crippen LogP contribution >= 0.6 is 39.1 Å². The maximum Gasteiger partial charge on any atom is 0.251 e. The Morgan fingerprint density at radius 3 is 2.53 bits per heavy atom. The summed E-state index contributed by atoms with van der Waals surface area (Å²) in [4.78, 5) is 13.4. The second kappa shape index (κ2) is 7.73. The van der Waals surface area contributed by atoms with Crippen LogP contribution in [0.4, 0.5) is 0 Å². The Kier molecular flexibility index (Phi) is 5.05. The van der Waals surface area contributed by atoms with E-state index in [2.05, 4.69) is 15.9 Å². The lowest BCUT2D eigenvalue weighted by molar-refractivity contribution is -0.00448. The molecule has 0 unspecified atom stereocenters. The number of hydrogen-bond donors (Lipinski definition) is 0. The molecule has 30 heavy (non-hydrogen) atoms. The maximum absolute atomic E-state index is 13.4. The molecule has 2 atom stereocenters. The quantitative estimate of drug-likeness (QED) is 0.384. The topological polar surface area (TPSA) is 41.9 Å². The Hall–Kier alpha value is -2.34. The molecule has 0 aliphatic carbocycles. The number of hydrazone groups is 1. The number of Topliss-reactive ketones (excluding diaryl/α,β-unsaturated/α-hetero) is 1. The molecule has 0 fully saturated rings. The molecule has 0 spiro atoms. The van der Waals surface area contributed by atoms with E-state index in [9.17, 15) is 4.79 Å². The fraction of sp³-hybridized carbons (Fsp3) is 0.130. The summed E-state index contributed by atoms with van der Waals surface area (Å²) >= 11 is 16.1. The first-order valence-electron chi connectivity index (χ1n) is 9.38. The monoisotopic (exact) mass is 500 g/mol. The van der Waals surface area contributed by atoms with E-state index in [1.165, 1.54) is 0 Å². The van der Waals surface area contributed by atoms with Gasteiger partial charge in [-0.1, -0.05) is 81.6 Å². The van der Waals surface area contributed by atoms with Crippen LogP contribution in [-0.2, 0) is 0 Å². The molecule has 5 rings (SSSR count). The van der Waals surface area contributed by atoms with Crippen LogP contribution in [0.25, 0.3) is 0 Å². The van der Waals surface area contributed by atoms with Gasteiger partial charge in [0.2, 0.25) is 5.78 Å². The third kappa shape index (κ3) is 3.41. The van der Waals surface area contributed by atoms with Gasteiger partial charge in [-0.25, -0.2) is 5.01 Å². The van der Waals surface area contributed by atoms with Crippen LogP contribution in [0.3, 0.4) is 0 Å². The molecule has 2 aliphatic heterocycles. The number of benzene rings is 3. The summed E-state index contributed by atoms with van der Waals surface area (Å²) in [5.74, 6) is 0.310. The van der Waals surface area contributed by atoms with Gasteiger partial charge in [-0.3, -0.25) is 4.79 Å². The molecule has 0 amide bonds. The van der Waals surface area contributed by atoms with Gasteiger partial charge in [-0.2, -0.15) is 5.10 Å². The number of ketones is 1.